The van der Waals surface area contributed by atoms with Crippen LogP contribution in [0.25, 0.3) is 0 Å². The molecule has 1 heterocycles. The smallest absolute Gasteiger partial charge is 0.262 e. The summed E-state index contributed by atoms with van der Waals surface area (Å²) in [6.45, 7) is 1.39. The van der Waals surface area contributed by atoms with Gasteiger partial charge in [0.25, 0.3) is 5.91 Å². The largest absolute Gasteiger partial charge is 0.482 e. The van der Waals surface area contributed by atoms with Gasteiger partial charge < -0.3 is 24.8 Å². The summed E-state index contributed by atoms with van der Waals surface area (Å²) in [5.74, 6) is 1.12. The van der Waals surface area contributed by atoms with Crippen LogP contribution < -0.4 is 24.8 Å². The molecule has 0 bridgehead atoms. The molecule has 2 aromatic rings. The molecule has 7 nitrogen and oxygen atoms in total. The van der Waals surface area contributed by atoms with Crippen molar-refractivity contribution < 1.29 is 23.8 Å². The zero-order valence-corrected chi connectivity index (χ0v) is 13.0. The van der Waals surface area contributed by atoms with Crippen LogP contribution in [0.3, 0.4) is 0 Å². The van der Waals surface area contributed by atoms with Gasteiger partial charge in [-0.3, -0.25) is 9.59 Å². The van der Waals surface area contributed by atoms with Crippen molar-refractivity contribution in [2.24, 2.45) is 0 Å². The highest BCUT2D eigenvalue weighted by molar-refractivity contribution is 5.93. The summed E-state index contributed by atoms with van der Waals surface area (Å²) < 4.78 is 16.0. The maximum atomic E-state index is 12.0. The third-order valence-corrected chi connectivity index (χ3v) is 3.21. The van der Waals surface area contributed by atoms with E-state index in [1.165, 1.54) is 6.92 Å². The quantitative estimate of drug-likeness (QED) is 0.880. The van der Waals surface area contributed by atoms with E-state index in [1.54, 1.807) is 42.5 Å². The zero-order chi connectivity index (χ0) is 16.9. The van der Waals surface area contributed by atoms with E-state index < -0.39 is 0 Å². The molecule has 0 spiro atoms. The Morgan fingerprint density at radius 1 is 1.08 bits per heavy atom. The van der Waals surface area contributed by atoms with Crippen LogP contribution in [-0.2, 0) is 9.59 Å². The van der Waals surface area contributed by atoms with Gasteiger partial charge >= 0.3 is 0 Å². The molecule has 0 aromatic heterocycles. The van der Waals surface area contributed by atoms with E-state index in [0.29, 0.717) is 28.6 Å². The van der Waals surface area contributed by atoms with Crippen LogP contribution in [-0.4, -0.2) is 25.2 Å². The van der Waals surface area contributed by atoms with Crippen LogP contribution >= 0.6 is 0 Å². The van der Waals surface area contributed by atoms with Gasteiger partial charge in [-0.25, -0.2) is 0 Å². The first-order valence-corrected chi connectivity index (χ1v) is 7.31. The van der Waals surface area contributed by atoms with Crippen molar-refractivity contribution in [3.63, 3.8) is 0 Å². The summed E-state index contributed by atoms with van der Waals surface area (Å²) >= 11 is 0. The van der Waals surface area contributed by atoms with Gasteiger partial charge in [0, 0.05) is 18.7 Å². The fourth-order valence-electron chi connectivity index (χ4n) is 2.20. The van der Waals surface area contributed by atoms with Crippen molar-refractivity contribution in [1.82, 2.24) is 0 Å². The SMILES string of the molecule is CC(=O)Nc1ccccc1OCC(=O)Nc1ccc2c(c1)OCO2. The van der Waals surface area contributed by atoms with Crippen molar-refractivity contribution in [3.05, 3.63) is 42.5 Å². The topological polar surface area (TPSA) is 85.9 Å². The number of ether oxygens (including phenoxy) is 3. The number of anilines is 2. The average molecular weight is 328 g/mol. The molecular weight excluding hydrogens is 312 g/mol. The van der Waals surface area contributed by atoms with Crippen molar-refractivity contribution in [1.29, 1.82) is 0 Å². The molecule has 0 saturated carbocycles. The minimum Gasteiger partial charge on any atom is -0.482 e. The summed E-state index contributed by atoms with van der Waals surface area (Å²) in [6, 6.07) is 12.0. The Balaban J connectivity index is 1.59. The standard InChI is InChI=1S/C17H16N2O5/c1-11(20)18-13-4-2-3-5-14(13)22-9-17(21)19-12-6-7-15-16(8-12)24-10-23-15/h2-8H,9-10H2,1H3,(H,18,20)(H,19,21). The first-order chi connectivity index (χ1) is 11.6. The molecule has 1 aliphatic heterocycles. The van der Waals surface area contributed by atoms with Crippen molar-refractivity contribution in [3.8, 4) is 17.2 Å². The first-order valence-electron chi connectivity index (χ1n) is 7.31. The van der Waals surface area contributed by atoms with Gasteiger partial charge in [0.05, 0.1) is 5.69 Å². The van der Waals surface area contributed by atoms with Gasteiger partial charge in [-0.2, -0.15) is 0 Å². The zero-order valence-electron chi connectivity index (χ0n) is 13.0. The highest BCUT2D eigenvalue weighted by atomic mass is 16.7. The number of rotatable bonds is 5. The van der Waals surface area contributed by atoms with Crippen molar-refractivity contribution >= 4 is 23.2 Å². The molecule has 24 heavy (non-hydrogen) atoms. The van der Waals surface area contributed by atoms with Crippen molar-refractivity contribution in [2.45, 2.75) is 6.92 Å². The van der Waals surface area contributed by atoms with Gasteiger partial charge in [-0.1, -0.05) is 12.1 Å². The molecule has 0 saturated heterocycles. The van der Waals surface area contributed by atoms with Crippen LogP contribution in [0, 0.1) is 0 Å². The fourth-order valence-corrected chi connectivity index (χ4v) is 2.20. The van der Waals surface area contributed by atoms with E-state index in [1.807, 2.05) is 0 Å². The predicted octanol–water partition coefficient (Wildman–Crippen LogP) is 2.39. The van der Waals surface area contributed by atoms with Gasteiger partial charge in [-0.15, -0.1) is 0 Å². The number of benzene rings is 2. The Bertz CT molecular complexity index is 775. The lowest BCUT2D eigenvalue weighted by Gasteiger charge is -2.11. The highest BCUT2D eigenvalue weighted by Gasteiger charge is 2.14. The Kier molecular flexibility index (Phi) is 4.51. The lowest BCUT2D eigenvalue weighted by Crippen LogP contribution is -2.20. The fraction of sp³-hybridized carbons (Fsp3) is 0.176. The molecule has 2 aromatic carbocycles. The second-order valence-corrected chi connectivity index (χ2v) is 5.08. The van der Waals surface area contributed by atoms with E-state index in [4.69, 9.17) is 14.2 Å². The summed E-state index contributed by atoms with van der Waals surface area (Å²) in [5.41, 5.74) is 1.10. The van der Waals surface area contributed by atoms with Gasteiger partial charge in [0.1, 0.15) is 5.75 Å². The van der Waals surface area contributed by atoms with E-state index >= 15 is 0 Å². The molecule has 0 atom stereocenters. The van der Waals surface area contributed by atoms with E-state index in [2.05, 4.69) is 10.6 Å². The molecule has 124 valence electrons. The number of nitrogens with one attached hydrogen (secondary N) is 2. The second kappa shape index (κ2) is 6.91. The summed E-state index contributed by atoms with van der Waals surface area (Å²) in [5, 5.41) is 5.36. The van der Waals surface area contributed by atoms with Gasteiger partial charge in [-0.05, 0) is 24.3 Å². The van der Waals surface area contributed by atoms with Crippen LogP contribution in [0.15, 0.2) is 42.5 Å². The number of fused-ring (bicyclic) bond motifs is 1. The Labute approximate surface area is 138 Å². The van der Waals surface area contributed by atoms with Crippen LogP contribution in [0.2, 0.25) is 0 Å². The number of para-hydroxylation sites is 2. The van der Waals surface area contributed by atoms with Crippen LogP contribution in [0.4, 0.5) is 11.4 Å². The molecule has 0 unspecified atom stereocenters. The van der Waals surface area contributed by atoms with E-state index in [-0.39, 0.29) is 25.2 Å². The summed E-state index contributed by atoms with van der Waals surface area (Å²) in [6.07, 6.45) is 0. The number of carbonyl (C=O) groups excluding carboxylic acids is 2. The normalized spacial score (nSPS) is 11.7. The lowest BCUT2D eigenvalue weighted by atomic mass is 10.2. The lowest BCUT2D eigenvalue weighted by molar-refractivity contribution is -0.118. The summed E-state index contributed by atoms with van der Waals surface area (Å²) in [7, 11) is 0. The first kappa shape index (κ1) is 15.7. The third kappa shape index (κ3) is 3.75. The van der Waals surface area contributed by atoms with Gasteiger partial charge in [0.2, 0.25) is 12.7 Å². The minimum absolute atomic E-state index is 0.176. The average Bonchev–Trinajstić information content (AvgIpc) is 3.01. The molecule has 0 fully saturated rings. The molecular formula is C17H16N2O5. The molecule has 7 heteroatoms. The molecule has 2 N–H and O–H groups in total. The monoisotopic (exact) mass is 328 g/mol. The van der Waals surface area contributed by atoms with Crippen LogP contribution in [0.1, 0.15) is 6.92 Å². The molecule has 0 aliphatic carbocycles. The highest BCUT2D eigenvalue weighted by Crippen LogP contribution is 2.34. The minimum atomic E-state index is -0.327. The maximum Gasteiger partial charge on any atom is 0.262 e. The number of hydrogen-bond acceptors (Lipinski definition) is 5. The van der Waals surface area contributed by atoms with Crippen molar-refractivity contribution in [2.75, 3.05) is 24.0 Å². The number of hydrogen-bond donors (Lipinski definition) is 2. The number of amides is 2. The predicted molar refractivity (Wildman–Crippen MR) is 87.4 cm³/mol. The second-order valence-electron chi connectivity index (χ2n) is 5.08. The van der Waals surface area contributed by atoms with E-state index in [0.717, 1.165) is 0 Å². The van der Waals surface area contributed by atoms with Gasteiger partial charge in [0.15, 0.2) is 18.1 Å². The Morgan fingerprint density at radius 3 is 2.71 bits per heavy atom. The number of carbonyl (C=O) groups is 2. The maximum absolute atomic E-state index is 12.0. The molecule has 3 rings (SSSR count). The molecule has 0 radical (unpaired) electrons. The summed E-state index contributed by atoms with van der Waals surface area (Å²) in [4.78, 5) is 23.2. The Morgan fingerprint density at radius 2 is 1.88 bits per heavy atom. The van der Waals surface area contributed by atoms with E-state index in [9.17, 15) is 9.59 Å². The third-order valence-electron chi connectivity index (χ3n) is 3.21. The van der Waals surface area contributed by atoms with Crippen LogP contribution in [0.5, 0.6) is 17.2 Å². The molecule has 2 amide bonds. The molecule has 1 aliphatic rings. The Hall–Kier alpha value is -3.22.